The minimum Gasteiger partial charge on any atom is -0.394 e. The van der Waals surface area contributed by atoms with E-state index in [0.717, 1.165) is 0 Å². The van der Waals surface area contributed by atoms with Crippen LogP contribution < -0.4 is 0 Å². The fourth-order valence-electron chi connectivity index (χ4n) is 0.555. The zero-order valence-corrected chi connectivity index (χ0v) is 11.0. The smallest absolute Gasteiger partial charge is 0.394 e. The van der Waals surface area contributed by atoms with Gasteiger partial charge in [-0.2, -0.15) is 36.4 Å². The van der Waals surface area contributed by atoms with Crippen LogP contribution >= 0.6 is 24.8 Å². The summed E-state index contributed by atoms with van der Waals surface area (Å²) in [5, 5.41) is 0. The predicted molar refractivity (Wildman–Crippen MR) is 60.6 cm³/mol. The van der Waals surface area contributed by atoms with Gasteiger partial charge in [-0.1, -0.05) is 24.8 Å². The molecule has 0 saturated heterocycles. The molecule has 0 saturated carbocycles. The van der Waals surface area contributed by atoms with E-state index in [1.807, 2.05) is 24.3 Å². The van der Waals surface area contributed by atoms with Crippen molar-refractivity contribution in [3.05, 3.63) is 61.2 Å². The third kappa shape index (κ3) is 13.6. The maximum atomic E-state index is 3.66. The average molecular weight is 277 g/mol. The van der Waals surface area contributed by atoms with Crippen LogP contribution in [0.25, 0.3) is 0 Å². The van der Waals surface area contributed by atoms with E-state index in [-0.39, 0.29) is 46.5 Å². The number of hydrogen-bond donors (Lipinski definition) is 0. The Morgan fingerprint density at radius 3 is 1.13 bits per heavy atom. The fourth-order valence-corrected chi connectivity index (χ4v) is 0.555. The molecule has 0 fully saturated rings. The van der Waals surface area contributed by atoms with E-state index in [4.69, 9.17) is 0 Å². The van der Waals surface area contributed by atoms with Gasteiger partial charge in [0.05, 0.1) is 0 Å². The van der Waals surface area contributed by atoms with Gasteiger partial charge >= 0.3 is 21.7 Å². The molecular weight excluding hydrogens is 267 g/mol. The minimum absolute atomic E-state index is 0. The molecule has 5 heteroatoms. The molecule has 2 aromatic rings. The van der Waals surface area contributed by atoms with E-state index >= 15 is 0 Å². The van der Waals surface area contributed by atoms with E-state index in [1.54, 1.807) is 24.5 Å². The molecule has 78 valence electrons. The van der Waals surface area contributed by atoms with Gasteiger partial charge in [-0.15, -0.1) is 24.8 Å². The number of rotatable bonds is 0. The summed E-state index contributed by atoms with van der Waals surface area (Å²) >= 11 is 0. The van der Waals surface area contributed by atoms with Crippen molar-refractivity contribution in [2.24, 2.45) is 0 Å². The Hall–Kier alpha value is -0.406. The van der Waals surface area contributed by atoms with Crippen LogP contribution in [0.15, 0.2) is 48.8 Å². The van der Waals surface area contributed by atoms with E-state index in [9.17, 15) is 0 Å². The van der Waals surface area contributed by atoms with Gasteiger partial charge in [-0.25, -0.2) is 0 Å². The van der Waals surface area contributed by atoms with Crippen molar-refractivity contribution in [1.29, 1.82) is 0 Å². The molecule has 0 unspecified atom stereocenters. The third-order valence-electron chi connectivity index (χ3n) is 1.03. The molecule has 0 spiro atoms. The second-order valence-electron chi connectivity index (χ2n) is 1.92. The molecular formula is C10H10Cl2N2Ti. The number of nitrogens with zero attached hydrogens (tertiary/aromatic N) is 2. The molecule has 2 rings (SSSR count). The Morgan fingerprint density at radius 1 is 0.667 bits per heavy atom. The summed E-state index contributed by atoms with van der Waals surface area (Å²) in [5.41, 5.74) is 0. The van der Waals surface area contributed by atoms with E-state index < -0.39 is 0 Å². The van der Waals surface area contributed by atoms with Crippen molar-refractivity contribution in [3.63, 3.8) is 0 Å². The molecule has 0 aromatic carbocycles. The van der Waals surface area contributed by atoms with Crippen molar-refractivity contribution in [2.45, 2.75) is 0 Å². The van der Waals surface area contributed by atoms with Crippen LogP contribution in [0.5, 0.6) is 0 Å². The molecule has 0 aliphatic carbocycles. The summed E-state index contributed by atoms with van der Waals surface area (Å²) in [5.74, 6) is 0. The van der Waals surface area contributed by atoms with Gasteiger partial charge < -0.3 is 9.97 Å². The van der Waals surface area contributed by atoms with Crippen molar-refractivity contribution in [1.82, 2.24) is 9.97 Å². The Labute approximate surface area is 117 Å². The zero-order valence-electron chi connectivity index (χ0n) is 7.83. The standard InChI is InChI=1S/2C5H4N.2ClH.Ti/c2*1-2-4-6-5-3-1;;;/h2*1-4H;2*1H;/q2*-1;;;+2. The number of aromatic nitrogens is 2. The maximum absolute atomic E-state index is 3.66. The van der Waals surface area contributed by atoms with Crippen LogP contribution in [-0.2, 0) is 21.7 Å². The van der Waals surface area contributed by atoms with Crippen molar-refractivity contribution < 1.29 is 21.7 Å². The van der Waals surface area contributed by atoms with Crippen LogP contribution in [0.3, 0.4) is 0 Å². The first-order valence-corrected chi connectivity index (χ1v) is 3.54. The molecule has 0 bridgehead atoms. The van der Waals surface area contributed by atoms with Gasteiger partial charge in [-0.3, -0.25) is 0 Å². The molecule has 15 heavy (non-hydrogen) atoms. The normalized spacial score (nSPS) is 6.40. The van der Waals surface area contributed by atoms with Gasteiger partial charge in [-0.05, 0) is 0 Å². The third-order valence-corrected chi connectivity index (χ3v) is 1.03. The number of pyridine rings is 2. The molecule has 0 atom stereocenters. The van der Waals surface area contributed by atoms with E-state index in [1.165, 1.54) is 0 Å². The SMILES string of the molecule is Cl.Cl.[Ti+2].[c-]1ccccn1.[c-]1ccccn1. The summed E-state index contributed by atoms with van der Waals surface area (Å²) in [4.78, 5) is 7.32. The van der Waals surface area contributed by atoms with Crippen LogP contribution in [0.2, 0.25) is 0 Å². The first-order valence-electron chi connectivity index (χ1n) is 3.54. The monoisotopic (exact) mass is 276 g/mol. The number of halogens is 2. The number of hydrogen-bond acceptors (Lipinski definition) is 2. The summed E-state index contributed by atoms with van der Waals surface area (Å²) < 4.78 is 0. The van der Waals surface area contributed by atoms with Crippen molar-refractivity contribution in [2.75, 3.05) is 0 Å². The van der Waals surface area contributed by atoms with E-state index in [0.29, 0.717) is 0 Å². The Bertz CT molecular complexity index is 197. The van der Waals surface area contributed by atoms with Crippen LogP contribution in [0, 0.1) is 12.4 Å². The Kier molecular flexibility index (Phi) is 21.5. The van der Waals surface area contributed by atoms with Crippen molar-refractivity contribution in [3.8, 4) is 0 Å². The van der Waals surface area contributed by atoms with Crippen LogP contribution in [0.4, 0.5) is 0 Å². The molecule has 0 aliphatic rings. The topological polar surface area (TPSA) is 25.8 Å². The summed E-state index contributed by atoms with van der Waals surface area (Å²) in [6, 6.07) is 11.0. The van der Waals surface area contributed by atoms with E-state index in [2.05, 4.69) is 22.4 Å². The molecule has 0 N–H and O–H groups in total. The molecule has 0 aliphatic heterocycles. The van der Waals surface area contributed by atoms with Gasteiger partial charge in [0.1, 0.15) is 0 Å². The fraction of sp³-hybridized carbons (Fsp3) is 0. The summed E-state index contributed by atoms with van der Waals surface area (Å²) in [7, 11) is 0. The van der Waals surface area contributed by atoms with Crippen LogP contribution in [0.1, 0.15) is 0 Å². The Balaban J connectivity index is -0.000000160. The van der Waals surface area contributed by atoms with Gasteiger partial charge in [0.25, 0.3) is 0 Å². The predicted octanol–water partition coefficient (Wildman–Crippen LogP) is 2.60. The average Bonchev–Trinajstić information content (AvgIpc) is 2.24. The molecule has 0 amide bonds. The van der Waals surface area contributed by atoms with Gasteiger partial charge in [0.2, 0.25) is 0 Å². The quantitative estimate of drug-likeness (QED) is 0.546. The zero-order chi connectivity index (χ0) is 8.49. The second kappa shape index (κ2) is 16.0. The second-order valence-corrected chi connectivity index (χ2v) is 1.92. The minimum atomic E-state index is 0. The molecule has 0 radical (unpaired) electrons. The summed E-state index contributed by atoms with van der Waals surface area (Å²) in [6.07, 6.45) is 8.67. The van der Waals surface area contributed by atoms with Gasteiger partial charge in [0.15, 0.2) is 0 Å². The van der Waals surface area contributed by atoms with Gasteiger partial charge in [0, 0.05) is 0 Å². The summed E-state index contributed by atoms with van der Waals surface area (Å²) in [6.45, 7) is 0. The first-order chi connectivity index (χ1) is 6.00. The first kappa shape index (κ1) is 20.1. The molecule has 2 heterocycles. The maximum Gasteiger partial charge on any atom is 2.00 e. The largest absolute Gasteiger partial charge is 2.00 e. The molecule has 2 nitrogen and oxygen atoms in total. The van der Waals surface area contributed by atoms with Crippen LogP contribution in [-0.4, -0.2) is 9.97 Å². The Morgan fingerprint density at radius 2 is 1.07 bits per heavy atom. The molecule has 2 aromatic heterocycles. The van der Waals surface area contributed by atoms with Crippen molar-refractivity contribution >= 4 is 24.8 Å².